The van der Waals surface area contributed by atoms with Gasteiger partial charge < -0.3 is 9.73 Å². The van der Waals surface area contributed by atoms with Crippen LogP contribution in [0.25, 0.3) is 11.1 Å². The zero-order valence-corrected chi connectivity index (χ0v) is 12.5. The van der Waals surface area contributed by atoms with Gasteiger partial charge in [0.15, 0.2) is 5.58 Å². The largest absolute Gasteiger partial charge is 0.419 e. The van der Waals surface area contributed by atoms with Gasteiger partial charge in [0, 0.05) is 13.6 Å². The summed E-state index contributed by atoms with van der Waals surface area (Å²) in [7, 11) is 1.63. The number of hydrogen-bond acceptors (Lipinski definition) is 3. The van der Waals surface area contributed by atoms with Gasteiger partial charge in [-0.05, 0) is 35.4 Å². The number of aromatic nitrogens is 1. The number of nitrogens with zero attached hydrogens (tertiary/aromatic N) is 1. The van der Waals surface area contributed by atoms with Crippen LogP contribution in [-0.4, -0.2) is 10.5 Å². The van der Waals surface area contributed by atoms with Crippen molar-refractivity contribution in [3.8, 4) is 0 Å². The van der Waals surface area contributed by atoms with Gasteiger partial charge in [-0.3, -0.25) is 9.36 Å². The lowest BCUT2D eigenvalue weighted by molar-refractivity contribution is -0.120. The molecule has 0 radical (unpaired) electrons. The van der Waals surface area contributed by atoms with E-state index >= 15 is 0 Å². The van der Waals surface area contributed by atoms with Gasteiger partial charge in [0.05, 0.1) is 11.9 Å². The third kappa shape index (κ3) is 3.31. The van der Waals surface area contributed by atoms with Gasteiger partial charge in [-0.25, -0.2) is 9.18 Å². The molecule has 2 aromatic carbocycles. The minimum absolute atomic E-state index is 0.155. The van der Waals surface area contributed by atoms with E-state index in [0.29, 0.717) is 17.6 Å². The summed E-state index contributed by atoms with van der Waals surface area (Å²) in [5.74, 6) is -0.900. The Balaban J connectivity index is 1.65. The lowest BCUT2D eigenvalue weighted by Gasteiger charge is -2.06. The van der Waals surface area contributed by atoms with Crippen LogP contribution in [0.4, 0.5) is 4.39 Å². The maximum atomic E-state index is 12.8. The minimum atomic E-state index is -0.419. The molecule has 5 nitrogen and oxygen atoms in total. The predicted octanol–water partition coefficient (Wildman–Crippen LogP) is 2.13. The number of aryl methyl sites for hydroxylation is 1. The molecule has 0 saturated heterocycles. The number of oxazole rings is 1. The SMILES string of the molecule is Cn1c(=O)oc2ccc(CNC(=O)Cc3ccc(F)cc3)cc21. The Bertz CT molecular complexity index is 910. The highest BCUT2D eigenvalue weighted by Crippen LogP contribution is 2.14. The molecule has 0 atom stereocenters. The lowest BCUT2D eigenvalue weighted by Crippen LogP contribution is -2.24. The quantitative estimate of drug-likeness (QED) is 0.802. The Hall–Kier alpha value is -2.89. The molecule has 1 N–H and O–H groups in total. The van der Waals surface area contributed by atoms with E-state index in [4.69, 9.17) is 4.42 Å². The minimum Gasteiger partial charge on any atom is -0.408 e. The first-order valence-electron chi connectivity index (χ1n) is 7.12. The highest BCUT2D eigenvalue weighted by molar-refractivity contribution is 5.79. The van der Waals surface area contributed by atoms with Crippen LogP contribution in [0.2, 0.25) is 0 Å². The first-order valence-corrected chi connectivity index (χ1v) is 7.12. The second kappa shape index (κ2) is 6.08. The van der Waals surface area contributed by atoms with Gasteiger partial charge >= 0.3 is 5.76 Å². The Morgan fingerprint density at radius 1 is 1.17 bits per heavy atom. The normalized spacial score (nSPS) is 10.9. The number of carbonyl (C=O) groups is 1. The maximum Gasteiger partial charge on any atom is 0.419 e. The van der Waals surface area contributed by atoms with Crippen LogP contribution >= 0.6 is 0 Å². The van der Waals surface area contributed by atoms with Crippen molar-refractivity contribution in [1.29, 1.82) is 0 Å². The summed E-state index contributed by atoms with van der Waals surface area (Å²) in [6.07, 6.45) is 0.187. The molecule has 3 rings (SSSR count). The van der Waals surface area contributed by atoms with Crippen LogP contribution in [0.1, 0.15) is 11.1 Å². The van der Waals surface area contributed by atoms with Gasteiger partial charge in [0.2, 0.25) is 5.91 Å². The average molecular weight is 314 g/mol. The first-order chi connectivity index (χ1) is 11.0. The molecular weight excluding hydrogens is 299 g/mol. The second-order valence-electron chi connectivity index (χ2n) is 5.31. The predicted molar refractivity (Wildman–Crippen MR) is 83.4 cm³/mol. The third-order valence-corrected chi connectivity index (χ3v) is 3.62. The molecule has 118 valence electrons. The molecule has 0 aliphatic carbocycles. The van der Waals surface area contributed by atoms with Gasteiger partial charge in [0.1, 0.15) is 5.82 Å². The highest BCUT2D eigenvalue weighted by atomic mass is 19.1. The molecule has 0 spiro atoms. The van der Waals surface area contributed by atoms with E-state index in [1.807, 2.05) is 0 Å². The number of benzene rings is 2. The fourth-order valence-electron chi connectivity index (χ4n) is 2.33. The van der Waals surface area contributed by atoms with E-state index in [2.05, 4.69) is 5.32 Å². The Morgan fingerprint density at radius 3 is 2.61 bits per heavy atom. The fourth-order valence-corrected chi connectivity index (χ4v) is 2.33. The van der Waals surface area contributed by atoms with E-state index in [9.17, 15) is 14.0 Å². The number of hydrogen-bond donors (Lipinski definition) is 1. The lowest BCUT2D eigenvalue weighted by atomic mass is 10.1. The van der Waals surface area contributed by atoms with Crippen molar-refractivity contribution in [3.05, 3.63) is 70.0 Å². The number of nitrogens with one attached hydrogen (secondary N) is 1. The summed E-state index contributed by atoms with van der Waals surface area (Å²) in [5.41, 5.74) is 2.80. The van der Waals surface area contributed by atoms with Gasteiger partial charge in [-0.15, -0.1) is 0 Å². The topological polar surface area (TPSA) is 64.2 Å². The zero-order chi connectivity index (χ0) is 16.4. The molecule has 0 aliphatic heterocycles. The summed E-state index contributed by atoms with van der Waals surface area (Å²) in [6.45, 7) is 0.343. The standard InChI is InChI=1S/C17H15FN2O3/c1-20-14-8-12(4-7-15(14)23-17(20)22)10-19-16(21)9-11-2-5-13(18)6-3-11/h2-8H,9-10H2,1H3,(H,19,21). The molecule has 0 aliphatic rings. The zero-order valence-electron chi connectivity index (χ0n) is 12.5. The maximum absolute atomic E-state index is 12.8. The number of halogens is 1. The molecule has 0 unspecified atom stereocenters. The van der Waals surface area contributed by atoms with Crippen molar-refractivity contribution in [2.75, 3.05) is 0 Å². The van der Waals surface area contributed by atoms with Gasteiger partial charge in [0.25, 0.3) is 0 Å². The van der Waals surface area contributed by atoms with Crippen molar-refractivity contribution in [3.63, 3.8) is 0 Å². The number of fused-ring (bicyclic) bond motifs is 1. The molecular formula is C17H15FN2O3. The number of carbonyl (C=O) groups excluding carboxylic acids is 1. The van der Waals surface area contributed by atoms with E-state index in [0.717, 1.165) is 11.1 Å². The van der Waals surface area contributed by atoms with E-state index < -0.39 is 5.76 Å². The molecule has 3 aromatic rings. The van der Waals surface area contributed by atoms with Gasteiger partial charge in [-0.2, -0.15) is 0 Å². The summed E-state index contributed by atoms with van der Waals surface area (Å²) >= 11 is 0. The van der Waals surface area contributed by atoms with Crippen LogP contribution in [0.5, 0.6) is 0 Å². The van der Waals surface area contributed by atoms with Crippen LogP contribution in [-0.2, 0) is 24.8 Å². The fraction of sp³-hybridized carbons (Fsp3) is 0.176. The van der Waals surface area contributed by atoms with Gasteiger partial charge in [-0.1, -0.05) is 18.2 Å². The highest BCUT2D eigenvalue weighted by Gasteiger charge is 2.08. The molecule has 0 fully saturated rings. The summed E-state index contributed by atoms with van der Waals surface area (Å²) in [4.78, 5) is 23.4. The van der Waals surface area contributed by atoms with Crippen LogP contribution in [0.3, 0.4) is 0 Å². The molecule has 1 heterocycles. The van der Waals surface area contributed by atoms with Crippen molar-refractivity contribution >= 4 is 17.0 Å². The second-order valence-corrected chi connectivity index (χ2v) is 5.31. The van der Waals surface area contributed by atoms with Crippen LogP contribution in [0, 0.1) is 5.82 Å². The summed E-state index contributed by atoms with van der Waals surface area (Å²) in [5, 5.41) is 2.80. The van der Waals surface area contributed by atoms with E-state index in [-0.39, 0.29) is 18.1 Å². The Labute approximate surface area is 131 Å². The average Bonchev–Trinajstić information content (AvgIpc) is 2.82. The summed E-state index contributed by atoms with van der Waals surface area (Å²) in [6, 6.07) is 11.1. The monoisotopic (exact) mass is 314 g/mol. The Morgan fingerprint density at radius 2 is 1.87 bits per heavy atom. The van der Waals surface area contributed by atoms with Crippen LogP contribution in [0.15, 0.2) is 51.7 Å². The number of amides is 1. The van der Waals surface area contributed by atoms with Crippen LogP contribution < -0.4 is 11.1 Å². The number of rotatable bonds is 4. The van der Waals surface area contributed by atoms with Crippen molar-refractivity contribution in [2.24, 2.45) is 7.05 Å². The van der Waals surface area contributed by atoms with E-state index in [1.54, 1.807) is 37.4 Å². The summed E-state index contributed by atoms with van der Waals surface area (Å²) < 4.78 is 19.3. The van der Waals surface area contributed by atoms with E-state index in [1.165, 1.54) is 16.7 Å². The molecule has 23 heavy (non-hydrogen) atoms. The van der Waals surface area contributed by atoms with Crippen molar-refractivity contribution in [1.82, 2.24) is 9.88 Å². The molecule has 0 bridgehead atoms. The first kappa shape index (κ1) is 15.0. The molecule has 0 saturated carbocycles. The molecule has 6 heteroatoms. The smallest absolute Gasteiger partial charge is 0.408 e. The molecule has 1 amide bonds. The van der Waals surface area contributed by atoms with Crippen molar-refractivity contribution < 1.29 is 13.6 Å². The molecule has 1 aromatic heterocycles. The third-order valence-electron chi connectivity index (χ3n) is 3.62. The van der Waals surface area contributed by atoms with Crippen molar-refractivity contribution in [2.45, 2.75) is 13.0 Å². The Kier molecular flexibility index (Phi) is 3.97.